The standard InChI is InChI=1S/C9H20N2O.C9H19NOS/c1-6(2)9(12)8(5-10)11-7(3)4;1-6(2)9(11)8(5-12)10-7(3)4/h6-8,11H,5,10H2,1-4H3;6-8,10,12H,5H2,1-4H3. The molecule has 0 spiro atoms. The molecular weight excluding hydrogens is 322 g/mol. The van der Waals surface area contributed by atoms with Crippen LogP contribution in [-0.2, 0) is 9.59 Å². The predicted molar refractivity (Wildman–Crippen MR) is 107 cm³/mol. The lowest BCUT2D eigenvalue weighted by Crippen LogP contribution is -2.47. The van der Waals surface area contributed by atoms with Gasteiger partial charge in [0.25, 0.3) is 0 Å². The Morgan fingerprint density at radius 2 is 1.12 bits per heavy atom. The van der Waals surface area contributed by atoms with E-state index >= 15 is 0 Å². The van der Waals surface area contributed by atoms with Crippen LogP contribution in [0.5, 0.6) is 0 Å². The molecule has 0 fully saturated rings. The van der Waals surface area contributed by atoms with Gasteiger partial charge >= 0.3 is 0 Å². The fourth-order valence-electron chi connectivity index (χ4n) is 2.10. The largest absolute Gasteiger partial charge is 0.328 e. The van der Waals surface area contributed by atoms with E-state index in [1.165, 1.54) is 0 Å². The molecule has 0 radical (unpaired) electrons. The predicted octanol–water partition coefficient (Wildman–Crippen LogP) is 2.04. The molecule has 0 aromatic heterocycles. The van der Waals surface area contributed by atoms with Crippen molar-refractivity contribution in [2.24, 2.45) is 17.6 Å². The van der Waals surface area contributed by atoms with Gasteiger partial charge in [-0.1, -0.05) is 55.4 Å². The third kappa shape index (κ3) is 12.0. The van der Waals surface area contributed by atoms with Gasteiger partial charge in [-0.3, -0.25) is 9.59 Å². The molecule has 4 N–H and O–H groups in total. The Balaban J connectivity index is 0. The van der Waals surface area contributed by atoms with Gasteiger partial charge in [-0.25, -0.2) is 0 Å². The van der Waals surface area contributed by atoms with Crippen molar-refractivity contribution >= 4 is 24.2 Å². The van der Waals surface area contributed by atoms with Gasteiger partial charge in [0.2, 0.25) is 0 Å². The summed E-state index contributed by atoms with van der Waals surface area (Å²) in [5, 5.41) is 6.32. The SMILES string of the molecule is CC(C)NC(CN)C(=O)C(C)C.CC(C)NC(CS)C(=O)C(C)C. The van der Waals surface area contributed by atoms with Gasteiger partial charge in [-0.05, 0) is 0 Å². The van der Waals surface area contributed by atoms with Crippen LogP contribution >= 0.6 is 12.6 Å². The first-order chi connectivity index (χ1) is 11.0. The number of nitrogens with one attached hydrogen (secondary N) is 2. The van der Waals surface area contributed by atoms with E-state index in [9.17, 15) is 9.59 Å². The third-order valence-electron chi connectivity index (χ3n) is 3.31. The van der Waals surface area contributed by atoms with Crippen molar-refractivity contribution in [2.75, 3.05) is 12.3 Å². The normalized spacial score (nSPS) is 13.9. The second-order valence-electron chi connectivity index (χ2n) is 7.28. The summed E-state index contributed by atoms with van der Waals surface area (Å²) in [5.74, 6) is 1.18. The third-order valence-corrected chi connectivity index (χ3v) is 3.68. The Bertz CT molecular complexity index is 324. The number of carbonyl (C=O) groups excluding carboxylic acids is 2. The minimum absolute atomic E-state index is 0.0600. The molecule has 0 aromatic rings. The molecule has 24 heavy (non-hydrogen) atoms. The maximum atomic E-state index is 11.5. The number of hydrogen-bond donors (Lipinski definition) is 4. The highest BCUT2D eigenvalue weighted by Crippen LogP contribution is 2.02. The minimum atomic E-state index is -0.176. The number of hydrogen-bond acceptors (Lipinski definition) is 6. The molecule has 0 bridgehead atoms. The summed E-state index contributed by atoms with van der Waals surface area (Å²) in [6, 6.07) is 0.379. The van der Waals surface area contributed by atoms with Gasteiger partial charge in [0, 0.05) is 36.2 Å². The fraction of sp³-hybridized carbons (Fsp3) is 0.889. The molecule has 0 saturated carbocycles. The summed E-state index contributed by atoms with van der Waals surface area (Å²) in [4.78, 5) is 23.0. The molecule has 2 atom stereocenters. The van der Waals surface area contributed by atoms with E-state index in [1.54, 1.807) is 0 Å². The summed E-state index contributed by atoms with van der Waals surface area (Å²) in [7, 11) is 0. The van der Waals surface area contributed by atoms with Gasteiger partial charge in [-0.15, -0.1) is 0 Å². The first kappa shape index (κ1) is 25.8. The summed E-state index contributed by atoms with van der Waals surface area (Å²) < 4.78 is 0. The average molecular weight is 362 g/mol. The van der Waals surface area contributed by atoms with E-state index in [0.717, 1.165) is 0 Å². The van der Waals surface area contributed by atoms with Gasteiger partial charge < -0.3 is 16.4 Å². The van der Waals surface area contributed by atoms with Gasteiger partial charge in [-0.2, -0.15) is 12.6 Å². The Labute approximate surface area is 154 Å². The summed E-state index contributed by atoms with van der Waals surface area (Å²) in [6.07, 6.45) is 0. The first-order valence-corrected chi connectivity index (χ1v) is 9.51. The quantitative estimate of drug-likeness (QED) is 0.448. The van der Waals surface area contributed by atoms with Crippen molar-refractivity contribution in [3.8, 4) is 0 Å². The number of thiol groups is 1. The Morgan fingerprint density at radius 3 is 1.38 bits per heavy atom. The Kier molecular flexibility index (Phi) is 14.9. The fourth-order valence-corrected chi connectivity index (χ4v) is 2.39. The molecule has 5 nitrogen and oxygen atoms in total. The van der Waals surface area contributed by atoms with Crippen LogP contribution in [0.15, 0.2) is 0 Å². The van der Waals surface area contributed by atoms with Crippen LogP contribution in [0.2, 0.25) is 0 Å². The lowest BCUT2D eigenvalue weighted by atomic mass is 10.0. The summed E-state index contributed by atoms with van der Waals surface area (Å²) >= 11 is 4.14. The highest BCUT2D eigenvalue weighted by Gasteiger charge is 2.20. The molecular formula is C18H39N3O2S. The minimum Gasteiger partial charge on any atom is -0.328 e. The molecule has 0 rings (SSSR count). The molecule has 0 saturated heterocycles. The van der Waals surface area contributed by atoms with Gasteiger partial charge in [0.05, 0.1) is 12.1 Å². The van der Waals surface area contributed by atoms with Crippen LogP contribution in [0.4, 0.5) is 0 Å². The molecule has 144 valence electrons. The lowest BCUT2D eigenvalue weighted by molar-refractivity contribution is -0.124. The molecule has 0 heterocycles. The van der Waals surface area contributed by atoms with Crippen molar-refractivity contribution in [1.29, 1.82) is 0 Å². The number of rotatable bonds is 10. The zero-order chi connectivity index (χ0) is 19.4. The van der Waals surface area contributed by atoms with E-state index in [1.807, 2.05) is 55.4 Å². The maximum absolute atomic E-state index is 11.5. The molecule has 6 heteroatoms. The molecule has 2 unspecified atom stereocenters. The van der Waals surface area contributed by atoms with Crippen LogP contribution in [0.3, 0.4) is 0 Å². The van der Waals surface area contributed by atoms with Crippen molar-refractivity contribution in [3.63, 3.8) is 0 Å². The second-order valence-corrected chi connectivity index (χ2v) is 7.65. The molecule has 0 aromatic carbocycles. The van der Waals surface area contributed by atoms with E-state index in [-0.39, 0.29) is 35.5 Å². The number of Topliss-reactive ketones (excluding diaryl/α,β-unsaturated/α-hetero) is 2. The van der Waals surface area contributed by atoms with Crippen molar-refractivity contribution in [1.82, 2.24) is 10.6 Å². The van der Waals surface area contributed by atoms with E-state index < -0.39 is 0 Å². The van der Waals surface area contributed by atoms with Crippen LogP contribution in [0.25, 0.3) is 0 Å². The first-order valence-electron chi connectivity index (χ1n) is 8.88. The summed E-state index contributed by atoms with van der Waals surface area (Å²) in [6.45, 7) is 16.1. The monoisotopic (exact) mass is 361 g/mol. The topological polar surface area (TPSA) is 84.2 Å². The van der Waals surface area contributed by atoms with E-state index in [4.69, 9.17) is 5.73 Å². The van der Waals surface area contributed by atoms with Crippen LogP contribution in [0, 0.1) is 11.8 Å². The molecule has 0 amide bonds. The van der Waals surface area contributed by atoms with Gasteiger partial charge in [0.1, 0.15) is 0 Å². The summed E-state index contributed by atoms with van der Waals surface area (Å²) in [5.41, 5.74) is 5.48. The number of nitrogens with two attached hydrogens (primary N) is 1. The lowest BCUT2D eigenvalue weighted by Gasteiger charge is -2.19. The molecule has 0 aliphatic rings. The highest BCUT2D eigenvalue weighted by molar-refractivity contribution is 7.80. The number of carbonyl (C=O) groups is 2. The van der Waals surface area contributed by atoms with Crippen molar-refractivity contribution in [3.05, 3.63) is 0 Å². The number of ketones is 2. The zero-order valence-corrected chi connectivity index (χ0v) is 17.6. The highest BCUT2D eigenvalue weighted by atomic mass is 32.1. The van der Waals surface area contributed by atoms with Crippen molar-refractivity contribution < 1.29 is 9.59 Å². The van der Waals surface area contributed by atoms with Crippen LogP contribution in [0.1, 0.15) is 55.4 Å². The van der Waals surface area contributed by atoms with Crippen LogP contribution in [-0.4, -0.2) is 48.0 Å². The second kappa shape index (κ2) is 13.8. The molecule has 0 aliphatic heterocycles. The molecule has 0 aliphatic carbocycles. The van der Waals surface area contributed by atoms with Crippen molar-refractivity contribution in [2.45, 2.75) is 79.6 Å². The zero-order valence-electron chi connectivity index (χ0n) is 16.7. The smallest absolute Gasteiger partial charge is 0.153 e. The average Bonchev–Trinajstić information content (AvgIpc) is 2.48. The van der Waals surface area contributed by atoms with E-state index in [2.05, 4.69) is 23.3 Å². The van der Waals surface area contributed by atoms with E-state index in [0.29, 0.717) is 24.4 Å². The Morgan fingerprint density at radius 1 is 0.792 bits per heavy atom. The van der Waals surface area contributed by atoms with Crippen LogP contribution < -0.4 is 16.4 Å². The maximum Gasteiger partial charge on any atom is 0.153 e. The Hall–Kier alpha value is -0.430. The van der Waals surface area contributed by atoms with Gasteiger partial charge in [0.15, 0.2) is 11.6 Å².